The minimum Gasteiger partial charge on any atom is -0.166 e. The minimum atomic E-state index is 0.907. The molecule has 0 aliphatic carbocycles. The zero-order valence-electron chi connectivity index (χ0n) is 5.90. The Labute approximate surface area is 69.9 Å². The number of rotatable bonds is 1. The first-order valence-corrected chi connectivity index (χ1v) is 4.35. The Balaban J connectivity index is 2.23. The Morgan fingerprint density at radius 2 is 2.00 bits per heavy atom. The molecular formula is C8H7N2S. The van der Waals surface area contributed by atoms with E-state index >= 15 is 0 Å². The summed E-state index contributed by atoms with van der Waals surface area (Å²) in [5.74, 6) is 0.907. The van der Waals surface area contributed by atoms with Gasteiger partial charge in [-0.3, -0.25) is 0 Å². The molecule has 0 saturated carbocycles. The Kier molecular flexibility index (Phi) is 1.90. The summed E-state index contributed by atoms with van der Waals surface area (Å²) >= 11 is 1.50. The molecule has 0 spiro atoms. The third-order valence-corrected chi connectivity index (χ3v) is 2.13. The summed E-state index contributed by atoms with van der Waals surface area (Å²) in [6, 6.07) is 11.2. The maximum absolute atomic E-state index is 4.01. The molecule has 55 valence electrons. The molecule has 0 N–H and O–H groups in total. The molecule has 0 bridgehead atoms. The normalized spacial score (nSPS) is 17.5. The summed E-state index contributed by atoms with van der Waals surface area (Å²) in [6.45, 7) is 0. The predicted octanol–water partition coefficient (Wildman–Crippen LogP) is 2.68. The van der Waals surface area contributed by atoms with E-state index in [-0.39, 0.29) is 0 Å². The van der Waals surface area contributed by atoms with E-state index in [0.29, 0.717) is 0 Å². The van der Waals surface area contributed by atoms with Crippen molar-refractivity contribution in [3.05, 3.63) is 41.9 Å². The summed E-state index contributed by atoms with van der Waals surface area (Å²) in [4.78, 5) is 0. The second-order valence-corrected chi connectivity index (χ2v) is 2.98. The topological polar surface area (TPSA) is 24.7 Å². The molecule has 2 nitrogen and oxygen atoms in total. The van der Waals surface area contributed by atoms with Gasteiger partial charge < -0.3 is 0 Å². The Bertz CT molecular complexity index is 258. The van der Waals surface area contributed by atoms with Gasteiger partial charge in [0.15, 0.2) is 6.04 Å². The van der Waals surface area contributed by atoms with Crippen molar-refractivity contribution in [2.45, 2.75) is 0 Å². The Morgan fingerprint density at radius 1 is 1.18 bits per heavy atom. The van der Waals surface area contributed by atoms with Crippen LogP contribution in [0.4, 0.5) is 0 Å². The Hall–Kier alpha value is -0.830. The van der Waals surface area contributed by atoms with Crippen LogP contribution in [0.3, 0.4) is 0 Å². The van der Waals surface area contributed by atoms with Gasteiger partial charge in [-0.15, -0.1) is 4.52 Å². The number of hydrogen-bond donors (Lipinski definition) is 0. The van der Waals surface area contributed by atoms with E-state index in [4.69, 9.17) is 0 Å². The second kappa shape index (κ2) is 3.05. The fourth-order valence-corrected chi connectivity index (χ4v) is 1.53. The highest BCUT2D eigenvalue weighted by Crippen LogP contribution is 2.28. The SMILES string of the molecule is c1ccc([C]2CSN=N2)cc1. The van der Waals surface area contributed by atoms with E-state index in [1.165, 1.54) is 17.5 Å². The van der Waals surface area contributed by atoms with Crippen LogP contribution in [0.2, 0.25) is 0 Å². The van der Waals surface area contributed by atoms with Crippen molar-refractivity contribution in [1.29, 1.82) is 0 Å². The van der Waals surface area contributed by atoms with Crippen LogP contribution in [0.15, 0.2) is 40.0 Å². The lowest BCUT2D eigenvalue weighted by Gasteiger charge is -2.00. The molecule has 0 atom stereocenters. The van der Waals surface area contributed by atoms with Crippen LogP contribution in [-0.2, 0) is 0 Å². The summed E-state index contributed by atoms with van der Waals surface area (Å²) in [5.41, 5.74) is 1.18. The van der Waals surface area contributed by atoms with Crippen LogP contribution < -0.4 is 0 Å². The maximum Gasteiger partial charge on any atom is 0.150 e. The number of nitrogens with zero attached hydrogens (tertiary/aromatic N) is 2. The molecular weight excluding hydrogens is 156 g/mol. The van der Waals surface area contributed by atoms with Crippen molar-refractivity contribution in [3.8, 4) is 0 Å². The van der Waals surface area contributed by atoms with Gasteiger partial charge in [0.25, 0.3) is 0 Å². The highest BCUT2D eigenvalue weighted by atomic mass is 32.2. The quantitative estimate of drug-likeness (QED) is 0.584. The summed E-state index contributed by atoms with van der Waals surface area (Å²) in [7, 11) is 0. The van der Waals surface area contributed by atoms with Crippen LogP contribution in [0, 0.1) is 6.04 Å². The molecule has 3 heteroatoms. The van der Waals surface area contributed by atoms with Crippen molar-refractivity contribution in [1.82, 2.24) is 0 Å². The third kappa shape index (κ3) is 1.43. The molecule has 1 radical (unpaired) electrons. The maximum atomic E-state index is 4.01. The standard InChI is InChI=1S/C8H7N2S/c1-2-4-7(5-3-1)8-6-11-10-9-8/h1-5H,6H2. The van der Waals surface area contributed by atoms with Crippen LogP contribution >= 0.6 is 11.9 Å². The fourth-order valence-electron chi connectivity index (χ4n) is 0.969. The minimum absolute atomic E-state index is 0.907. The van der Waals surface area contributed by atoms with Gasteiger partial charge in [0.2, 0.25) is 0 Å². The summed E-state index contributed by atoms with van der Waals surface area (Å²) < 4.78 is 3.85. The van der Waals surface area contributed by atoms with Crippen LogP contribution in [0.5, 0.6) is 0 Å². The van der Waals surface area contributed by atoms with Crippen molar-refractivity contribution >= 4 is 11.9 Å². The molecule has 1 aliphatic rings. The first-order chi connectivity index (χ1) is 5.47. The first-order valence-electron chi connectivity index (χ1n) is 3.41. The monoisotopic (exact) mass is 163 g/mol. The van der Waals surface area contributed by atoms with Gasteiger partial charge in [0.1, 0.15) is 0 Å². The first kappa shape index (κ1) is 6.85. The molecule has 11 heavy (non-hydrogen) atoms. The van der Waals surface area contributed by atoms with Crippen molar-refractivity contribution in [2.24, 2.45) is 9.63 Å². The van der Waals surface area contributed by atoms with Crippen LogP contribution in [0.25, 0.3) is 0 Å². The molecule has 0 amide bonds. The van der Waals surface area contributed by atoms with Gasteiger partial charge in [0, 0.05) is 11.9 Å². The Morgan fingerprint density at radius 3 is 2.64 bits per heavy atom. The lowest BCUT2D eigenvalue weighted by atomic mass is 10.1. The fraction of sp³-hybridized carbons (Fsp3) is 0.125. The van der Waals surface area contributed by atoms with Gasteiger partial charge in [-0.25, -0.2) is 0 Å². The summed E-state index contributed by atoms with van der Waals surface area (Å²) in [5, 5.41) is 4.01. The molecule has 0 unspecified atom stereocenters. The van der Waals surface area contributed by atoms with Gasteiger partial charge in [-0.1, -0.05) is 30.3 Å². The number of hydrogen-bond acceptors (Lipinski definition) is 3. The lowest BCUT2D eigenvalue weighted by Crippen LogP contribution is -1.93. The largest absolute Gasteiger partial charge is 0.166 e. The van der Waals surface area contributed by atoms with Crippen LogP contribution in [-0.4, -0.2) is 5.75 Å². The lowest BCUT2D eigenvalue weighted by molar-refractivity contribution is 1.07. The van der Waals surface area contributed by atoms with E-state index in [0.717, 1.165) is 11.8 Å². The third-order valence-electron chi connectivity index (χ3n) is 1.53. The van der Waals surface area contributed by atoms with E-state index in [2.05, 4.69) is 21.8 Å². The molecule has 1 aliphatic heterocycles. The average Bonchev–Trinajstić information content (AvgIpc) is 2.58. The molecule has 1 aromatic rings. The van der Waals surface area contributed by atoms with Crippen molar-refractivity contribution in [3.63, 3.8) is 0 Å². The van der Waals surface area contributed by atoms with Crippen molar-refractivity contribution in [2.75, 3.05) is 5.75 Å². The predicted molar refractivity (Wildman–Crippen MR) is 46.1 cm³/mol. The molecule has 1 heterocycles. The average molecular weight is 163 g/mol. The zero-order valence-corrected chi connectivity index (χ0v) is 6.71. The molecule has 0 saturated heterocycles. The van der Waals surface area contributed by atoms with Gasteiger partial charge in [-0.05, 0) is 5.56 Å². The van der Waals surface area contributed by atoms with E-state index in [1.54, 1.807) is 0 Å². The molecule has 2 rings (SSSR count). The zero-order chi connectivity index (χ0) is 7.52. The molecule has 0 fully saturated rings. The summed E-state index contributed by atoms with van der Waals surface area (Å²) in [6.07, 6.45) is 0. The van der Waals surface area contributed by atoms with Crippen molar-refractivity contribution < 1.29 is 0 Å². The smallest absolute Gasteiger partial charge is 0.150 e. The number of benzene rings is 1. The van der Waals surface area contributed by atoms with E-state index < -0.39 is 0 Å². The van der Waals surface area contributed by atoms with E-state index in [1.807, 2.05) is 18.2 Å². The van der Waals surface area contributed by atoms with Crippen LogP contribution in [0.1, 0.15) is 5.56 Å². The highest BCUT2D eigenvalue weighted by molar-refractivity contribution is 7.98. The van der Waals surface area contributed by atoms with Gasteiger partial charge >= 0.3 is 0 Å². The highest BCUT2D eigenvalue weighted by Gasteiger charge is 2.15. The molecule has 1 aromatic carbocycles. The molecule has 0 aromatic heterocycles. The van der Waals surface area contributed by atoms with Gasteiger partial charge in [0.05, 0.1) is 5.75 Å². The van der Waals surface area contributed by atoms with Gasteiger partial charge in [-0.2, -0.15) is 5.11 Å². The second-order valence-electron chi connectivity index (χ2n) is 2.27. The van der Waals surface area contributed by atoms with E-state index in [9.17, 15) is 0 Å².